The average Bonchev–Trinajstić information content (AvgIpc) is 3.10. The monoisotopic (exact) mass is 334 g/mol. The first-order chi connectivity index (χ1) is 11.6. The molecule has 0 unspecified atom stereocenters. The minimum Gasteiger partial charge on any atom is -0.496 e. The summed E-state index contributed by atoms with van der Waals surface area (Å²) in [5.41, 5.74) is 6.77. The van der Waals surface area contributed by atoms with Crippen molar-refractivity contribution >= 4 is 5.91 Å². The molecule has 7 heteroatoms. The van der Waals surface area contributed by atoms with Crippen LogP contribution in [0.3, 0.4) is 0 Å². The summed E-state index contributed by atoms with van der Waals surface area (Å²) in [7, 11) is 4.74. The Morgan fingerprint density at radius 2 is 1.79 bits per heavy atom. The second kappa shape index (κ2) is 8.26. The molecule has 0 saturated carbocycles. The third-order valence-electron chi connectivity index (χ3n) is 3.59. The molecule has 3 N–H and O–H groups in total. The van der Waals surface area contributed by atoms with E-state index >= 15 is 0 Å². The van der Waals surface area contributed by atoms with Gasteiger partial charge in [-0.1, -0.05) is 0 Å². The molecule has 24 heavy (non-hydrogen) atoms. The molecule has 130 valence electrons. The van der Waals surface area contributed by atoms with Gasteiger partial charge in [-0.2, -0.15) is 0 Å². The predicted molar refractivity (Wildman–Crippen MR) is 88.7 cm³/mol. The van der Waals surface area contributed by atoms with Crippen molar-refractivity contribution in [1.29, 1.82) is 0 Å². The lowest BCUT2D eigenvalue weighted by atomic mass is 10.1. The van der Waals surface area contributed by atoms with E-state index in [9.17, 15) is 4.79 Å². The molecule has 1 aromatic carbocycles. The Bertz CT molecular complexity index is 671. The lowest BCUT2D eigenvalue weighted by Crippen LogP contribution is -2.25. The fraction of sp³-hybridized carbons (Fsp3) is 0.353. The van der Waals surface area contributed by atoms with Gasteiger partial charge in [0.1, 0.15) is 29.3 Å². The molecule has 1 heterocycles. The SMILES string of the molecule is COc1cc(OC)c(CCNC(=O)c2coc(CN)c2)c(OC)c1. The second-order valence-corrected chi connectivity index (χ2v) is 5.02. The molecule has 2 rings (SSSR count). The van der Waals surface area contributed by atoms with Gasteiger partial charge in [-0.25, -0.2) is 0 Å². The molecule has 0 aliphatic rings. The van der Waals surface area contributed by atoms with Crippen LogP contribution in [0.15, 0.2) is 28.9 Å². The standard InChI is InChI=1S/C17H22N2O5/c1-21-12-7-15(22-2)14(16(8-12)23-3)4-5-19-17(20)11-6-13(9-18)24-10-11/h6-8,10H,4-5,9,18H2,1-3H3,(H,19,20). The molecule has 0 atom stereocenters. The van der Waals surface area contributed by atoms with Gasteiger partial charge >= 0.3 is 0 Å². The van der Waals surface area contributed by atoms with Gasteiger partial charge in [-0.15, -0.1) is 0 Å². The summed E-state index contributed by atoms with van der Waals surface area (Å²) in [4.78, 5) is 12.1. The van der Waals surface area contributed by atoms with Crippen LogP contribution in [0.5, 0.6) is 17.2 Å². The van der Waals surface area contributed by atoms with Crippen molar-refractivity contribution in [3.63, 3.8) is 0 Å². The second-order valence-electron chi connectivity index (χ2n) is 5.02. The minimum absolute atomic E-state index is 0.218. The molecule has 0 bridgehead atoms. The van der Waals surface area contributed by atoms with Crippen molar-refractivity contribution in [2.24, 2.45) is 5.73 Å². The Kier molecular flexibility index (Phi) is 6.08. The minimum atomic E-state index is -0.218. The number of furan rings is 1. The zero-order valence-electron chi connectivity index (χ0n) is 14.0. The van der Waals surface area contributed by atoms with Crippen molar-refractivity contribution in [3.05, 3.63) is 41.3 Å². The van der Waals surface area contributed by atoms with Crippen LogP contribution in [-0.2, 0) is 13.0 Å². The van der Waals surface area contributed by atoms with Crippen LogP contribution < -0.4 is 25.3 Å². The Hall–Kier alpha value is -2.67. The molecular formula is C17H22N2O5. The molecule has 0 fully saturated rings. The predicted octanol–water partition coefficient (Wildman–Crippen LogP) is 1.74. The number of hydrogen-bond donors (Lipinski definition) is 2. The van der Waals surface area contributed by atoms with Crippen molar-refractivity contribution in [2.75, 3.05) is 27.9 Å². The smallest absolute Gasteiger partial charge is 0.254 e. The number of methoxy groups -OCH3 is 3. The van der Waals surface area contributed by atoms with E-state index in [-0.39, 0.29) is 12.5 Å². The third-order valence-corrected chi connectivity index (χ3v) is 3.59. The van der Waals surface area contributed by atoms with E-state index in [1.54, 1.807) is 39.5 Å². The Morgan fingerprint density at radius 1 is 1.12 bits per heavy atom. The van der Waals surface area contributed by atoms with Crippen LogP contribution in [0.25, 0.3) is 0 Å². The summed E-state index contributed by atoms with van der Waals surface area (Å²) in [6.07, 6.45) is 1.94. The Balaban J connectivity index is 2.04. The maximum Gasteiger partial charge on any atom is 0.254 e. The van der Waals surface area contributed by atoms with E-state index in [4.69, 9.17) is 24.4 Å². The molecule has 0 saturated heterocycles. The van der Waals surface area contributed by atoms with Crippen LogP contribution in [-0.4, -0.2) is 33.8 Å². The van der Waals surface area contributed by atoms with Gasteiger partial charge in [-0.3, -0.25) is 4.79 Å². The normalized spacial score (nSPS) is 10.3. The van der Waals surface area contributed by atoms with E-state index in [1.807, 2.05) is 0 Å². The number of carbonyl (C=O) groups is 1. The first-order valence-electron chi connectivity index (χ1n) is 7.47. The summed E-state index contributed by atoms with van der Waals surface area (Å²) in [6.45, 7) is 0.675. The fourth-order valence-corrected chi connectivity index (χ4v) is 2.33. The van der Waals surface area contributed by atoms with E-state index in [0.29, 0.717) is 41.5 Å². The highest BCUT2D eigenvalue weighted by Gasteiger charge is 2.14. The van der Waals surface area contributed by atoms with Gasteiger partial charge in [0.2, 0.25) is 0 Å². The molecule has 0 spiro atoms. The molecule has 0 aliphatic heterocycles. The van der Waals surface area contributed by atoms with Crippen molar-refractivity contribution in [1.82, 2.24) is 5.32 Å². The van der Waals surface area contributed by atoms with Gasteiger partial charge in [0, 0.05) is 24.2 Å². The summed E-state index contributed by atoms with van der Waals surface area (Å²) in [5.74, 6) is 2.29. The Labute approximate surface area is 140 Å². The number of amides is 1. The molecule has 7 nitrogen and oxygen atoms in total. The van der Waals surface area contributed by atoms with Crippen molar-refractivity contribution in [3.8, 4) is 17.2 Å². The zero-order chi connectivity index (χ0) is 17.5. The number of rotatable bonds is 8. The quantitative estimate of drug-likeness (QED) is 0.763. The first kappa shape index (κ1) is 17.7. The summed E-state index contributed by atoms with van der Waals surface area (Å²) >= 11 is 0. The van der Waals surface area contributed by atoms with Crippen LogP contribution in [0.1, 0.15) is 21.7 Å². The topological polar surface area (TPSA) is 96.0 Å². The maximum absolute atomic E-state index is 12.1. The molecule has 1 aromatic heterocycles. The van der Waals surface area contributed by atoms with Crippen LogP contribution in [0, 0.1) is 0 Å². The van der Waals surface area contributed by atoms with Gasteiger partial charge in [0.05, 0.1) is 33.4 Å². The number of benzene rings is 1. The number of hydrogen-bond acceptors (Lipinski definition) is 6. The van der Waals surface area contributed by atoms with Crippen LogP contribution in [0.2, 0.25) is 0 Å². The lowest BCUT2D eigenvalue weighted by Gasteiger charge is -2.15. The number of ether oxygens (including phenoxy) is 3. The Morgan fingerprint density at radius 3 is 2.29 bits per heavy atom. The van der Waals surface area contributed by atoms with E-state index in [0.717, 1.165) is 5.56 Å². The van der Waals surface area contributed by atoms with E-state index < -0.39 is 0 Å². The number of nitrogens with two attached hydrogens (primary N) is 1. The highest BCUT2D eigenvalue weighted by atomic mass is 16.5. The molecule has 2 aromatic rings. The first-order valence-corrected chi connectivity index (χ1v) is 7.47. The van der Waals surface area contributed by atoms with Gasteiger partial charge < -0.3 is 29.7 Å². The number of carbonyl (C=O) groups excluding carboxylic acids is 1. The summed E-state index contributed by atoms with van der Waals surface area (Å²) in [5, 5.41) is 2.83. The zero-order valence-corrected chi connectivity index (χ0v) is 14.0. The van der Waals surface area contributed by atoms with Crippen LogP contribution >= 0.6 is 0 Å². The fourth-order valence-electron chi connectivity index (χ4n) is 2.33. The largest absolute Gasteiger partial charge is 0.496 e. The lowest BCUT2D eigenvalue weighted by molar-refractivity contribution is 0.0953. The third kappa shape index (κ3) is 3.99. The summed E-state index contributed by atoms with van der Waals surface area (Å²) < 4.78 is 21.2. The maximum atomic E-state index is 12.1. The van der Waals surface area contributed by atoms with Gasteiger partial charge in [0.15, 0.2) is 0 Å². The van der Waals surface area contributed by atoms with Crippen LogP contribution in [0.4, 0.5) is 0 Å². The van der Waals surface area contributed by atoms with Gasteiger partial charge in [0.25, 0.3) is 5.91 Å². The molecular weight excluding hydrogens is 312 g/mol. The average molecular weight is 334 g/mol. The highest BCUT2D eigenvalue weighted by Crippen LogP contribution is 2.34. The molecule has 1 amide bonds. The summed E-state index contributed by atoms with van der Waals surface area (Å²) in [6, 6.07) is 5.19. The van der Waals surface area contributed by atoms with Gasteiger partial charge in [-0.05, 0) is 12.5 Å². The van der Waals surface area contributed by atoms with Crippen molar-refractivity contribution < 1.29 is 23.4 Å². The van der Waals surface area contributed by atoms with Crippen molar-refractivity contribution in [2.45, 2.75) is 13.0 Å². The van der Waals surface area contributed by atoms with E-state index in [2.05, 4.69) is 5.32 Å². The van der Waals surface area contributed by atoms with E-state index in [1.165, 1.54) is 6.26 Å². The molecule has 0 radical (unpaired) electrons. The number of nitrogens with one attached hydrogen (secondary N) is 1. The highest BCUT2D eigenvalue weighted by molar-refractivity contribution is 5.93. The molecule has 0 aliphatic carbocycles.